The Morgan fingerprint density at radius 1 is 1.35 bits per heavy atom. The average Bonchev–Trinajstić information content (AvgIpc) is 2.71. The molecule has 3 aliphatic rings. The number of fused-ring (bicyclic) bond motifs is 2. The molecule has 2 fully saturated rings. The first-order valence-corrected chi connectivity index (χ1v) is 6.66. The Hall–Kier alpha value is -1.05. The van der Waals surface area contributed by atoms with E-state index in [0.29, 0.717) is 11.5 Å². The lowest BCUT2D eigenvalue weighted by Crippen LogP contribution is -2.18. The van der Waals surface area contributed by atoms with Gasteiger partial charge in [0.05, 0.1) is 0 Å². The lowest BCUT2D eigenvalue weighted by Gasteiger charge is -2.20. The summed E-state index contributed by atoms with van der Waals surface area (Å²) in [6.07, 6.45) is 4.62. The molecule has 92 valence electrons. The van der Waals surface area contributed by atoms with Crippen molar-refractivity contribution in [3.63, 3.8) is 0 Å². The van der Waals surface area contributed by atoms with Gasteiger partial charge in [0.1, 0.15) is 6.10 Å². The molecule has 2 aliphatic carbocycles. The van der Waals surface area contributed by atoms with E-state index in [1.165, 1.54) is 18.4 Å². The van der Waals surface area contributed by atoms with E-state index < -0.39 is 0 Å². The van der Waals surface area contributed by atoms with Crippen molar-refractivity contribution in [3.8, 4) is 0 Å². The van der Waals surface area contributed by atoms with E-state index in [4.69, 9.17) is 4.74 Å². The zero-order chi connectivity index (χ0) is 12.2. The van der Waals surface area contributed by atoms with Gasteiger partial charge in [-0.3, -0.25) is 0 Å². The molecule has 1 aliphatic heterocycles. The third kappa shape index (κ3) is 1.57. The molecule has 0 amide bonds. The van der Waals surface area contributed by atoms with Crippen LogP contribution in [0, 0.1) is 17.8 Å². The van der Waals surface area contributed by atoms with Crippen LogP contribution in [0.1, 0.15) is 39.5 Å². The SMILES string of the molecule is C=C1C(=O)O[C@H]2CC(C)=C3CC[C@@H](C)[C@@H]3C[C@H]12. The number of ether oxygens (including phenoxy) is 1. The summed E-state index contributed by atoms with van der Waals surface area (Å²) in [6.45, 7) is 8.49. The average molecular weight is 232 g/mol. The van der Waals surface area contributed by atoms with Crippen molar-refractivity contribution >= 4 is 5.97 Å². The Kier molecular flexibility index (Phi) is 2.42. The van der Waals surface area contributed by atoms with E-state index >= 15 is 0 Å². The van der Waals surface area contributed by atoms with E-state index in [0.717, 1.165) is 18.8 Å². The van der Waals surface area contributed by atoms with Gasteiger partial charge in [-0.2, -0.15) is 0 Å². The first-order valence-electron chi connectivity index (χ1n) is 6.66. The van der Waals surface area contributed by atoms with E-state index in [1.807, 2.05) is 0 Å². The zero-order valence-electron chi connectivity index (χ0n) is 10.7. The third-order valence-electron chi connectivity index (χ3n) is 4.98. The molecule has 0 radical (unpaired) electrons. The maximum atomic E-state index is 11.6. The van der Waals surface area contributed by atoms with E-state index in [1.54, 1.807) is 5.57 Å². The van der Waals surface area contributed by atoms with Crippen LogP contribution in [0.4, 0.5) is 0 Å². The van der Waals surface area contributed by atoms with E-state index in [-0.39, 0.29) is 18.0 Å². The number of carbonyl (C=O) groups is 1. The molecule has 4 atom stereocenters. The molecule has 17 heavy (non-hydrogen) atoms. The fourth-order valence-corrected chi connectivity index (χ4v) is 3.87. The molecular weight excluding hydrogens is 212 g/mol. The molecule has 0 aromatic carbocycles. The second-order valence-electron chi connectivity index (χ2n) is 5.94. The fourth-order valence-electron chi connectivity index (χ4n) is 3.87. The van der Waals surface area contributed by atoms with Gasteiger partial charge in [0.15, 0.2) is 0 Å². The summed E-state index contributed by atoms with van der Waals surface area (Å²) in [5, 5.41) is 0. The minimum absolute atomic E-state index is 0.0697. The van der Waals surface area contributed by atoms with Crippen LogP contribution in [0.3, 0.4) is 0 Å². The first-order chi connectivity index (χ1) is 8.08. The van der Waals surface area contributed by atoms with Gasteiger partial charge in [-0.1, -0.05) is 24.6 Å². The maximum Gasteiger partial charge on any atom is 0.334 e. The normalized spacial score (nSPS) is 41.1. The minimum atomic E-state index is -0.165. The van der Waals surface area contributed by atoms with Crippen molar-refractivity contribution in [1.29, 1.82) is 0 Å². The van der Waals surface area contributed by atoms with Crippen LogP contribution in [-0.2, 0) is 9.53 Å². The molecule has 0 aromatic heterocycles. The van der Waals surface area contributed by atoms with Crippen molar-refractivity contribution in [2.75, 3.05) is 0 Å². The van der Waals surface area contributed by atoms with Gasteiger partial charge < -0.3 is 4.74 Å². The predicted octanol–water partition coefficient (Wildman–Crippen LogP) is 3.24. The van der Waals surface area contributed by atoms with Crippen molar-refractivity contribution in [1.82, 2.24) is 0 Å². The van der Waals surface area contributed by atoms with Gasteiger partial charge in [-0.25, -0.2) is 4.79 Å². The summed E-state index contributed by atoms with van der Waals surface area (Å²) < 4.78 is 5.46. The molecule has 2 nitrogen and oxygen atoms in total. The maximum absolute atomic E-state index is 11.6. The first kappa shape index (κ1) is 11.1. The Balaban J connectivity index is 1.95. The topological polar surface area (TPSA) is 26.3 Å². The summed E-state index contributed by atoms with van der Waals surface area (Å²) >= 11 is 0. The van der Waals surface area contributed by atoms with Crippen LogP contribution in [0.25, 0.3) is 0 Å². The smallest absolute Gasteiger partial charge is 0.334 e. The summed E-state index contributed by atoms with van der Waals surface area (Å²) in [5.74, 6) is 1.51. The Morgan fingerprint density at radius 3 is 2.88 bits per heavy atom. The quantitative estimate of drug-likeness (QED) is 0.364. The van der Waals surface area contributed by atoms with Gasteiger partial charge in [-0.15, -0.1) is 0 Å². The van der Waals surface area contributed by atoms with Crippen LogP contribution in [0.15, 0.2) is 23.3 Å². The number of rotatable bonds is 0. The van der Waals surface area contributed by atoms with Crippen LogP contribution in [-0.4, -0.2) is 12.1 Å². The standard InChI is InChI=1S/C15H20O2/c1-8-4-5-11-9(2)6-14-13(7-12(8)11)10(3)15(16)17-14/h8,12-14H,3-7H2,1-2H3/t8-,12+,13-,14+/m1/s1. The number of esters is 1. The number of hydrogen-bond acceptors (Lipinski definition) is 2. The second kappa shape index (κ2) is 3.72. The van der Waals surface area contributed by atoms with Gasteiger partial charge in [0.25, 0.3) is 0 Å². The molecule has 1 saturated heterocycles. The van der Waals surface area contributed by atoms with Crippen LogP contribution < -0.4 is 0 Å². The molecule has 0 N–H and O–H groups in total. The molecule has 2 heteroatoms. The number of hydrogen-bond donors (Lipinski definition) is 0. The van der Waals surface area contributed by atoms with Crippen molar-refractivity contribution in [2.45, 2.75) is 45.6 Å². The Morgan fingerprint density at radius 2 is 2.12 bits per heavy atom. The van der Waals surface area contributed by atoms with Crippen molar-refractivity contribution in [3.05, 3.63) is 23.3 Å². The molecule has 0 spiro atoms. The highest BCUT2D eigenvalue weighted by atomic mass is 16.6. The summed E-state index contributed by atoms with van der Waals surface area (Å²) in [6, 6.07) is 0. The van der Waals surface area contributed by atoms with E-state index in [2.05, 4.69) is 20.4 Å². The van der Waals surface area contributed by atoms with Crippen LogP contribution in [0.5, 0.6) is 0 Å². The Labute approximate surface area is 103 Å². The third-order valence-corrected chi connectivity index (χ3v) is 4.98. The van der Waals surface area contributed by atoms with Gasteiger partial charge in [0, 0.05) is 17.9 Å². The van der Waals surface area contributed by atoms with E-state index in [9.17, 15) is 4.79 Å². The number of carbonyl (C=O) groups excluding carboxylic acids is 1. The van der Waals surface area contributed by atoms with Crippen molar-refractivity contribution in [2.24, 2.45) is 17.8 Å². The summed E-state index contributed by atoms with van der Waals surface area (Å²) in [4.78, 5) is 11.6. The van der Waals surface area contributed by atoms with Gasteiger partial charge >= 0.3 is 5.97 Å². The Bertz CT molecular complexity index is 419. The predicted molar refractivity (Wildman–Crippen MR) is 66.3 cm³/mol. The molecule has 0 bridgehead atoms. The lowest BCUT2D eigenvalue weighted by atomic mass is 9.83. The molecule has 3 rings (SSSR count). The lowest BCUT2D eigenvalue weighted by molar-refractivity contribution is -0.139. The van der Waals surface area contributed by atoms with Crippen LogP contribution in [0.2, 0.25) is 0 Å². The highest BCUT2D eigenvalue weighted by Gasteiger charge is 2.44. The molecule has 0 aromatic rings. The number of allylic oxidation sites excluding steroid dienone is 1. The summed E-state index contributed by atoms with van der Waals surface area (Å²) in [5.41, 5.74) is 3.83. The monoisotopic (exact) mass is 232 g/mol. The van der Waals surface area contributed by atoms with Crippen LogP contribution >= 0.6 is 0 Å². The molecule has 0 unspecified atom stereocenters. The highest BCUT2D eigenvalue weighted by molar-refractivity contribution is 5.90. The highest BCUT2D eigenvalue weighted by Crippen LogP contribution is 2.49. The zero-order valence-corrected chi connectivity index (χ0v) is 10.7. The van der Waals surface area contributed by atoms with Gasteiger partial charge in [0.2, 0.25) is 0 Å². The van der Waals surface area contributed by atoms with Crippen molar-refractivity contribution < 1.29 is 9.53 Å². The minimum Gasteiger partial charge on any atom is -0.458 e. The molecular formula is C15H20O2. The fraction of sp³-hybridized carbons (Fsp3) is 0.667. The summed E-state index contributed by atoms with van der Waals surface area (Å²) in [7, 11) is 0. The second-order valence-corrected chi connectivity index (χ2v) is 5.94. The molecule has 1 saturated carbocycles. The largest absolute Gasteiger partial charge is 0.458 e. The van der Waals surface area contributed by atoms with Gasteiger partial charge in [-0.05, 0) is 38.0 Å². The molecule has 1 heterocycles.